The molecule has 3 rings (SSSR count). The second-order valence-corrected chi connectivity index (χ2v) is 7.57. The zero-order chi connectivity index (χ0) is 20.1. The molecule has 2 aromatic rings. The molecule has 0 saturated carbocycles. The lowest BCUT2D eigenvalue weighted by Gasteiger charge is -2.38. The van der Waals surface area contributed by atoms with Crippen molar-refractivity contribution >= 4 is 35.6 Å². The van der Waals surface area contributed by atoms with Gasteiger partial charge in [-0.3, -0.25) is 9.67 Å². The summed E-state index contributed by atoms with van der Waals surface area (Å²) in [5.41, 5.74) is 2.93. The molecule has 1 atom stereocenters. The molecule has 8 heteroatoms. The Morgan fingerprint density at radius 2 is 1.90 bits per heavy atom. The highest BCUT2D eigenvalue weighted by molar-refractivity contribution is 14.0. The van der Waals surface area contributed by atoms with Crippen molar-refractivity contribution in [2.75, 3.05) is 44.7 Å². The summed E-state index contributed by atoms with van der Waals surface area (Å²) in [5, 5.41) is 8.04. The largest absolute Gasteiger partial charge is 0.366 e. The van der Waals surface area contributed by atoms with Gasteiger partial charge in [0, 0.05) is 52.0 Å². The fourth-order valence-electron chi connectivity index (χ4n) is 3.68. The third kappa shape index (κ3) is 6.07. The van der Waals surface area contributed by atoms with Crippen LogP contribution in [0.1, 0.15) is 18.3 Å². The number of nitrogens with one attached hydrogen (secondary N) is 1. The van der Waals surface area contributed by atoms with E-state index in [0.29, 0.717) is 11.6 Å². The molecule has 1 aromatic carbocycles. The highest BCUT2D eigenvalue weighted by Gasteiger charge is 2.21. The highest BCUT2D eigenvalue weighted by atomic mass is 127. The molecule has 1 aliphatic rings. The first-order valence-electron chi connectivity index (χ1n) is 9.94. The molecule has 1 aliphatic heterocycles. The number of nitrogens with zero attached hydrogens (tertiary/aromatic N) is 5. The molecule has 0 radical (unpaired) electrons. The van der Waals surface area contributed by atoms with Gasteiger partial charge in [-0.25, -0.2) is 4.39 Å². The Bertz CT molecular complexity index is 813. The van der Waals surface area contributed by atoms with Gasteiger partial charge >= 0.3 is 0 Å². The number of hydrogen-bond donors (Lipinski definition) is 1. The smallest absolute Gasteiger partial charge is 0.193 e. The average molecular weight is 514 g/mol. The van der Waals surface area contributed by atoms with Crippen molar-refractivity contribution in [1.29, 1.82) is 0 Å². The minimum absolute atomic E-state index is 0. The summed E-state index contributed by atoms with van der Waals surface area (Å²) in [6.45, 7) is 11.2. The number of anilines is 1. The van der Waals surface area contributed by atoms with E-state index in [1.807, 2.05) is 26.1 Å². The van der Waals surface area contributed by atoms with E-state index in [4.69, 9.17) is 0 Å². The lowest BCUT2D eigenvalue weighted by molar-refractivity contribution is 0.362. The average Bonchev–Trinajstić information content (AvgIpc) is 3.00. The molecule has 0 spiro atoms. The molecule has 6 nitrogen and oxygen atoms in total. The summed E-state index contributed by atoms with van der Waals surface area (Å²) in [4.78, 5) is 8.79. The molecule has 160 valence electrons. The van der Waals surface area contributed by atoms with Gasteiger partial charge in [0.25, 0.3) is 0 Å². The summed E-state index contributed by atoms with van der Waals surface area (Å²) in [7, 11) is 1.82. The van der Waals surface area contributed by atoms with Crippen LogP contribution in [0.5, 0.6) is 0 Å². The molecule has 0 bridgehead atoms. The molecule has 0 amide bonds. The third-order valence-electron chi connectivity index (χ3n) is 5.18. The van der Waals surface area contributed by atoms with Crippen LogP contribution in [0.25, 0.3) is 0 Å². The first kappa shape index (κ1) is 23.4. The molecule has 1 N–H and O–H groups in total. The van der Waals surface area contributed by atoms with Crippen LogP contribution in [-0.2, 0) is 6.54 Å². The number of aryl methyl sites for hydroxylation is 2. The number of aliphatic imine (C=N–C) groups is 1. The normalized spacial score (nSPS) is 15.8. The molecule has 2 heterocycles. The van der Waals surface area contributed by atoms with Crippen molar-refractivity contribution in [2.24, 2.45) is 10.9 Å². The second-order valence-electron chi connectivity index (χ2n) is 7.57. The fraction of sp³-hybridized carbons (Fsp3) is 0.524. The number of halogens is 2. The van der Waals surface area contributed by atoms with Gasteiger partial charge in [0.2, 0.25) is 0 Å². The SMILES string of the molecule is CN=C(NCC(C)Cn1nc(C)cc1C)N1CCN(c2ccccc2F)CC1.I. The Morgan fingerprint density at radius 1 is 1.21 bits per heavy atom. The van der Waals surface area contributed by atoms with Crippen LogP contribution in [0.3, 0.4) is 0 Å². The van der Waals surface area contributed by atoms with Crippen LogP contribution in [0.4, 0.5) is 10.1 Å². The second kappa shape index (κ2) is 10.8. The Hall–Kier alpha value is -1.84. The number of para-hydroxylation sites is 1. The van der Waals surface area contributed by atoms with Crippen LogP contribution in [0.2, 0.25) is 0 Å². The number of piperazine rings is 1. The van der Waals surface area contributed by atoms with Crippen LogP contribution >= 0.6 is 24.0 Å². The quantitative estimate of drug-likeness (QED) is 0.378. The maximum Gasteiger partial charge on any atom is 0.193 e. The Kier molecular flexibility index (Phi) is 8.73. The van der Waals surface area contributed by atoms with E-state index in [9.17, 15) is 4.39 Å². The standard InChI is InChI=1S/C21H31FN6.HI/c1-16(15-28-18(3)13-17(2)25-28)14-24-21(23-4)27-11-9-26(10-12-27)20-8-6-5-7-19(20)22;/h5-8,13,16H,9-12,14-15H2,1-4H3,(H,23,24);1H. The van der Waals surface area contributed by atoms with E-state index in [2.05, 4.69) is 49.8 Å². The van der Waals surface area contributed by atoms with E-state index >= 15 is 0 Å². The summed E-state index contributed by atoms with van der Waals surface area (Å²) < 4.78 is 16.1. The van der Waals surface area contributed by atoms with Crippen LogP contribution in [0, 0.1) is 25.6 Å². The topological polar surface area (TPSA) is 48.7 Å². The van der Waals surface area contributed by atoms with Gasteiger partial charge in [-0.15, -0.1) is 24.0 Å². The minimum Gasteiger partial charge on any atom is -0.366 e. The maximum atomic E-state index is 14.0. The van der Waals surface area contributed by atoms with Crippen molar-refractivity contribution in [3.8, 4) is 0 Å². The lowest BCUT2D eigenvalue weighted by atomic mass is 10.2. The zero-order valence-corrected chi connectivity index (χ0v) is 20.1. The summed E-state index contributed by atoms with van der Waals surface area (Å²) >= 11 is 0. The number of rotatable bonds is 5. The van der Waals surface area contributed by atoms with E-state index in [1.54, 1.807) is 6.07 Å². The van der Waals surface area contributed by atoms with Crippen molar-refractivity contribution in [3.05, 3.63) is 47.5 Å². The van der Waals surface area contributed by atoms with E-state index in [1.165, 1.54) is 11.8 Å². The predicted octanol–water partition coefficient (Wildman–Crippen LogP) is 3.29. The monoisotopic (exact) mass is 514 g/mol. The molecule has 1 saturated heterocycles. The molecular formula is C21H32FIN6. The first-order valence-corrected chi connectivity index (χ1v) is 9.94. The highest BCUT2D eigenvalue weighted by Crippen LogP contribution is 2.20. The van der Waals surface area contributed by atoms with E-state index in [-0.39, 0.29) is 29.8 Å². The van der Waals surface area contributed by atoms with Gasteiger partial charge in [0.15, 0.2) is 5.96 Å². The third-order valence-corrected chi connectivity index (χ3v) is 5.18. The minimum atomic E-state index is -0.156. The Labute approximate surface area is 190 Å². The number of guanidine groups is 1. The molecule has 0 aliphatic carbocycles. The van der Waals surface area contributed by atoms with Gasteiger partial charge in [-0.05, 0) is 38.0 Å². The zero-order valence-electron chi connectivity index (χ0n) is 17.7. The van der Waals surface area contributed by atoms with Gasteiger partial charge in [-0.1, -0.05) is 19.1 Å². The maximum absolute atomic E-state index is 14.0. The van der Waals surface area contributed by atoms with Gasteiger partial charge in [0.05, 0.1) is 11.4 Å². The Morgan fingerprint density at radius 3 is 2.48 bits per heavy atom. The lowest BCUT2D eigenvalue weighted by Crippen LogP contribution is -2.53. The summed E-state index contributed by atoms with van der Waals surface area (Å²) in [6.07, 6.45) is 0. The molecule has 1 aromatic heterocycles. The molecule has 1 fully saturated rings. The van der Waals surface area contributed by atoms with Gasteiger partial charge in [0.1, 0.15) is 5.82 Å². The Balaban J connectivity index is 0.00000300. The number of aromatic nitrogens is 2. The van der Waals surface area contributed by atoms with Gasteiger partial charge in [-0.2, -0.15) is 5.10 Å². The fourth-order valence-corrected chi connectivity index (χ4v) is 3.68. The van der Waals surface area contributed by atoms with Gasteiger partial charge < -0.3 is 15.1 Å². The van der Waals surface area contributed by atoms with E-state index < -0.39 is 0 Å². The predicted molar refractivity (Wildman–Crippen MR) is 128 cm³/mol. The van der Waals surface area contributed by atoms with Crippen molar-refractivity contribution in [3.63, 3.8) is 0 Å². The van der Waals surface area contributed by atoms with E-state index in [0.717, 1.165) is 50.9 Å². The number of hydrogen-bond acceptors (Lipinski definition) is 3. The summed E-state index contributed by atoms with van der Waals surface area (Å²) in [5.74, 6) is 1.18. The van der Waals surface area contributed by atoms with Crippen LogP contribution in [0.15, 0.2) is 35.3 Å². The number of benzene rings is 1. The first-order chi connectivity index (χ1) is 13.5. The molecular weight excluding hydrogens is 482 g/mol. The van der Waals surface area contributed by atoms with Crippen LogP contribution in [-0.4, -0.2) is 60.4 Å². The van der Waals surface area contributed by atoms with Crippen molar-refractivity contribution in [2.45, 2.75) is 27.3 Å². The molecule has 1 unspecified atom stereocenters. The van der Waals surface area contributed by atoms with Crippen molar-refractivity contribution < 1.29 is 4.39 Å². The van der Waals surface area contributed by atoms with Crippen LogP contribution < -0.4 is 10.2 Å². The van der Waals surface area contributed by atoms with Crippen molar-refractivity contribution in [1.82, 2.24) is 20.0 Å². The molecule has 29 heavy (non-hydrogen) atoms. The summed E-state index contributed by atoms with van der Waals surface area (Å²) in [6, 6.07) is 9.09.